The zero-order valence-corrected chi connectivity index (χ0v) is 10.1. The third-order valence-corrected chi connectivity index (χ3v) is 3.16. The Labute approximate surface area is 108 Å². The van der Waals surface area contributed by atoms with Crippen molar-refractivity contribution >= 4 is 5.82 Å². The first-order chi connectivity index (χ1) is 8.82. The maximum Gasteiger partial charge on any atom is 0.433 e. The fraction of sp³-hybridized carbons (Fsp3) is 0.500. The zero-order chi connectivity index (χ0) is 14.2. The van der Waals surface area contributed by atoms with E-state index in [2.05, 4.69) is 4.98 Å². The van der Waals surface area contributed by atoms with Crippen LogP contribution in [0, 0.1) is 17.2 Å². The Morgan fingerprint density at radius 3 is 2.58 bits per heavy atom. The summed E-state index contributed by atoms with van der Waals surface area (Å²) in [5.74, 6) is -0.0800. The normalized spacial score (nSPS) is 23.5. The van der Waals surface area contributed by atoms with Crippen molar-refractivity contribution in [1.82, 2.24) is 4.98 Å². The number of halogens is 3. The van der Waals surface area contributed by atoms with Gasteiger partial charge in [0.15, 0.2) is 0 Å². The van der Waals surface area contributed by atoms with E-state index in [0.717, 1.165) is 12.1 Å². The van der Waals surface area contributed by atoms with Crippen molar-refractivity contribution in [3.05, 3.63) is 23.4 Å². The fourth-order valence-electron chi connectivity index (χ4n) is 2.06. The van der Waals surface area contributed by atoms with Crippen molar-refractivity contribution in [1.29, 1.82) is 5.26 Å². The standard InChI is InChI=1S/C12H12F3N3O/c1-7-5-18(6-9(7)19)11-8(4-16)2-3-10(17-11)12(13,14)15/h2-3,7,9,19H,5-6H2,1H3/t7-,9+/m0/s1. The second-order valence-corrected chi connectivity index (χ2v) is 4.63. The number of hydrogen-bond donors (Lipinski definition) is 1. The minimum Gasteiger partial charge on any atom is -0.391 e. The van der Waals surface area contributed by atoms with Crippen molar-refractivity contribution in [3.63, 3.8) is 0 Å². The summed E-state index contributed by atoms with van der Waals surface area (Å²) in [5, 5.41) is 18.6. The van der Waals surface area contributed by atoms with Crippen LogP contribution in [0.25, 0.3) is 0 Å². The average molecular weight is 271 g/mol. The van der Waals surface area contributed by atoms with E-state index >= 15 is 0 Å². The molecule has 1 saturated heterocycles. The van der Waals surface area contributed by atoms with Crippen LogP contribution in [0.2, 0.25) is 0 Å². The quantitative estimate of drug-likeness (QED) is 0.846. The van der Waals surface area contributed by atoms with E-state index in [1.165, 1.54) is 4.90 Å². The third kappa shape index (κ3) is 2.63. The molecule has 0 unspecified atom stereocenters. The highest BCUT2D eigenvalue weighted by Crippen LogP contribution is 2.32. The van der Waals surface area contributed by atoms with E-state index < -0.39 is 18.0 Å². The summed E-state index contributed by atoms with van der Waals surface area (Å²) in [5.41, 5.74) is -0.954. The molecule has 0 bridgehead atoms. The van der Waals surface area contributed by atoms with Crippen LogP contribution in [-0.4, -0.2) is 29.3 Å². The first-order valence-electron chi connectivity index (χ1n) is 5.74. The van der Waals surface area contributed by atoms with E-state index in [4.69, 9.17) is 5.26 Å². The molecule has 1 aromatic rings. The number of β-amino-alcohol motifs (C(OH)–C–C–N with tert-alkyl or cyclic N) is 1. The number of nitrogens with zero attached hydrogens (tertiary/aromatic N) is 3. The summed E-state index contributed by atoms with van der Waals surface area (Å²) in [7, 11) is 0. The predicted molar refractivity (Wildman–Crippen MR) is 61.3 cm³/mol. The Morgan fingerprint density at radius 2 is 2.11 bits per heavy atom. The zero-order valence-electron chi connectivity index (χ0n) is 10.1. The molecule has 0 spiro atoms. The first-order valence-corrected chi connectivity index (χ1v) is 5.74. The number of aliphatic hydroxyl groups excluding tert-OH is 1. The Hall–Kier alpha value is -1.81. The van der Waals surface area contributed by atoms with Gasteiger partial charge in [0.25, 0.3) is 0 Å². The molecule has 0 aromatic carbocycles. The molecule has 102 valence electrons. The number of anilines is 1. The van der Waals surface area contributed by atoms with Crippen molar-refractivity contribution in [2.75, 3.05) is 18.0 Å². The molecular weight excluding hydrogens is 259 g/mol. The van der Waals surface area contributed by atoms with Gasteiger partial charge in [0.2, 0.25) is 0 Å². The first kappa shape index (κ1) is 13.6. The predicted octanol–water partition coefficient (Wildman–Crippen LogP) is 1.79. The van der Waals surface area contributed by atoms with Gasteiger partial charge in [0, 0.05) is 19.0 Å². The Morgan fingerprint density at radius 1 is 1.42 bits per heavy atom. The van der Waals surface area contributed by atoms with E-state index in [9.17, 15) is 18.3 Å². The SMILES string of the molecule is C[C@H]1CN(c2nc(C(F)(F)F)ccc2C#N)C[C@H]1O. The maximum atomic E-state index is 12.6. The van der Waals surface area contributed by atoms with Gasteiger partial charge in [-0.25, -0.2) is 4.98 Å². The number of rotatable bonds is 1. The number of pyridine rings is 1. The minimum atomic E-state index is -4.55. The Balaban J connectivity index is 2.41. The molecule has 0 saturated carbocycles. The van der Waals surface area contributed by atoms with Gasteiger partial charge >= 0.3 is 6.18 Å². The van der Waals surface area contributed by atoms with Gasteiger partial charge in [-0.05, 0) is 12.1 Å². The van der Waals surface area contributed by atoms with Crippen LogP contribution in [0.5, 0.6) is 0 Å². The Bertz CT molecular complexity index is 514. The van der Waals surface area contributed by atoms with E-state index in [-0.39, 0.29) is 23.8 Å². The van der Waals surface area contributed by atoms with Crippen LogP contribution in [0.15, 0.2) is 12.1 Å². The monoisotopic (exact) mass is 271 g/mol. The molecule has 1 fully saturated rings. The third-order valence-electron chi connectivity index (χ3n) is 3.16. The molecule has 1 aliphatic rings. The highest BCUT2D eigenvalue weighted by atomic mass is 19.4. The van der Waals surface area contributed by atoms with Gasteiger partial charge in [-0.2, -0.15) is 18.4 Å². The molecule has 2 atom stereocenters. The summed E-state index contributed by atoms with van der Waals surface area (Å²) in [6.07, 6.45) is -5.17. The molecule has 7 heteroatoms. The van der Waals surface area contributed by atoms with Crippen LogP contribution in [0.4, 0.5) is 19.0 Å². The molecule has 4 nitrogen and oxygen atoms in total. The number of nitriles is 1. The smallest absolute Gasteiger partial charge is 0.391 e. The number of alkyl halides is 3. The van der Waals surface area contributed by atoms with Gasteiger partial charge in [-0.1, -0.05) is 6.92 Å². The van der Waals surface area contributed by atoms with E-state index in [0.29, 0.717) is 6.54 Å². The van der Waals surface area contributed by atoms with E-state index in [1.807, 2.05) is 6.07 Å². The molecule has 2 rings (SSSR count). The molecule has 0 aliphatic carbocycles. The van der Waals surface area contributed by atoms with Crippen LogP contribution < -0.4 is 4.90 Å². The lowest BCUT2D eigenvalue weighted by Gasteiger charge is -2.19. The molecule has 2 heterocycles. The maximum absolute atomic E-state index is 12.6. The lowest BCUT2D eigenvalue weighted by atomic mass is 10.1. The summed E-state index contributed by atoms with van der Waals surface area (Å²) < 4.78 is 37.9. The van der Waals surface area contributed by atoms with Crippen LogP contribution >= 0.6 is 0 Å². The van der Waals surface area contributed by atoms with Crippen molar-refractivity contribution in [3.8, 4) is 6.07 Å². The lowest BCUT2D eigenvalue weighted by Crippen LogP contribution is -2.24. The van der Waals surface area contributed by atoms with E-state index in [1.54, 1.807) is 6.92 Å². The van der Waals surface area contributed by atoms with Gasteiger partial charge in [0.1, 0.15) is 17.6 Å². The van der Waals surface area contributed by atoms with Crippen LogP contribution in [0.3, 0.4) is 0 Å². The number of aliphatic hydroxyl groups is 1. The molecular formula is C12H12F3N3O. The Kier molecular flexibility index (Phi) is 3.37. The largest absolute Gasteiger partial charge is 0.433 e. The van der Waals surface area contributed by atoms with Crippen LogP contribution in [-0.2, 0) is 6.18 Å². The lowest BCUT2D eigenvalue weighted by molar-refractivity contribution is -0.141. The minimum absolute atomic E-state index is 0.0132. The highest BCUT2D eigenvalue weighted by molar-refractivity contribution is 5.55. The summed E-state index contributed by atoms with van der Waals surface area (Å²) in [6, 6.07) is 3.73. The summed E-state index contributed by atoms with van der Waals surface area (Å²) in [4.78, 5) is 5.05. The average Bonchev–Trinajstić information content (AvgIpc) is 2.67. The summed E-state index contributed by atoms with van der Waals surface area (Å²) in [6.45, 7) is 2.36. The number of hydrogen-bond acceptors (Lipinski definition) is 4. The molecule has 0 radical (unpaired) electrons. The molecule has 19 heavy (non-hydrogen) atoms. The second kappa shape index (κ2) is 4.70. The second-order valence-electron chi connectivity index (χ2n) is 4.63. The van der Waals surface area contributed by atoms with Crippen LogP contribution in [0.1, 0.15) is 18.2 Å². The van der Waals surface area contributed by atoms with Gasteiger partial charge < -0.3 is 10.0 Å². The van der Waals surface area contributed by atoms with Crippen molar-refractivity contribution < 1.29 is 18.3 Å². The van der Waals surface area contributed by atoms with Gasteiger partial charge in [-0.15, -0.1) is 0 Å². The van der Waals surface area contributed by atoms with Gasteiger partial charge in [-0.3, -0.25) is 0 Å². The molecule has 0 amide bonds. The van der Waals surface area contributed by atoms with Crippen molar-refractivity contribution in [2.45, 2.75) is 19.2 Å². The topological polar surface area (TPSA) is 60.2 Å². The molecule has 1 aliphatic heterocycles. The fourth-order valence-corrected chi connectivity index (χ4v) is 2.06. The molecule has 1 N–H and O–H groups in total. The van der Waals surface area contributed by atoms with Gasteiger partial charge in [0.05, 0.1) is 11.7 Å². The molecule has 1 aromatic heterocycles. The summed E-state index contributed by atoms with van der Waals surface area (Å²) >= 11 is 0. The number of aromatic nitrogens is 1. The highest BCUT2D eigenvalue weighted by Gasteiger charge is 2.35. The van der Waals surface area contributed by atoms with Crippen molar-refractivity contribution in [2.24, 2.45) is 5.92 Å².